The molecule has 7 nitrogen and oxygen atoms in total. The molecule has 2 aliphatic heterocycles. The van der Waals surface area contributed by atoms with Crippen molar-refractivity contribution in [1.82, 2.24) is 20.0 Å². The van der Waals surface area contributed by atoms with E-state index >= 15 is 0 Å². The predicted octanol–water partition coefficient (Wildman–Crippen LogP) is 0.413. The van der Waals surface area contributed by atoms with Crippen molar-refractivity contribution in [3.05, 3.63) is 35.4 Å². The fraction of sp³-hybridized carbons (Fsp3) is 0.600. The first-order valence-electron chi connectivity index (χ1n) is 9.75. The van der Waals surface area contributed by atoms with Gasteiger partial charge in [-0.1, -0.05) is 12.1 Å². The van der Waals surface area contributed by atoms with Crippen molar-refractivity contribution in [2.24, 2.45) is 0 Å². The number of ether oxygens (including phenoxy) is 1. The number of nitrogens with one attached hydrogen (secondary N) is 1. The normalized spacial score (nSPS) is 19.1. The van der Waals surface area contributed by atoms with E-state index in [9.17, 15) is 9.59 Å². The Hall–Kier alpha value is -1.96. The summed E-state index contributed by atoms with van der Waals surface area (Å²) in [5.41, 5.74) is 1.86. The molecule has 7 heteroatoms. The number of benzene rings is 1. The fourth-order valence-electron chi connectivity index (χ4n) is 3.38. The van der Waals surface area contributed by atoms with Crippen LogP contribution in [0, 0.1) is 0 Å². The molecule has 148 valence electrons. The first kappa shape index (κ1) is 19.8. The fourth-order valence-corrected chi connectivity index (χ4v) is 3.38. The minimum atomic E-state index is -0.129. The topological polar surface area (TPSA) is 65.1 Å². The van der Waals surface area contributed by atoms with E-state index < -0.39 is 0 Å². The van der Waals surface area contributed by atoms with Crippen molar-refractivity contribution in [2.45, 2.75) is 13.0 Å². The highest BCUT2D eigenvalue weighted by atomic mass is 16.5. The van der Waals surface area contributed by atoms with Crippen LogP contribution >= 0.6 is 0 Å². The van der Waals surface area contributed by atoms with Gasteiger partial charge in [-0.05, 0) is 24.7 Å². The Labute approximate surface area is 161 Å². The Morgan fingerprint density at radius 3 is 2.33 bits per heavy atom. The zero-order valence-electron chi connectivity index (χ0n) is 16.2. The molecule has 0 aliphatic carbocycles. The van der Waals surface area contributed by atoms with Crippen LogP contribution in [0.25, 0.3) is 0 Å². The summed E-state index contributed by atoms with van der Waals surface area (Å²) in [6, 6.07) is 7.77. The number of rotatable bonds is 6. The van der Waals surface area contributed by atoms with Crippen LogP contribution in [0.3, 0.4) is 0 Å². The van der Waals surface area contributed by atoms with Gasteiger partial charge < -0.3 is 19.9 Å². The third kappa shape index (κ3) is 6.02. The lowest BCUT2D eigenvalue weighted by atomic mass is 10.1. The largest absolute Gasteiger partial charge is 0.378 e. The Kier molecular flexibility index (Phi) is 7.20. The van der Waals surface area contributed by atoms with Crippen LogP contribution in [0.2, 0.25) is 0 Å². The van der Waals surface area contributed by atoms with Gasteiger partial charge in [0.25, 0.3) is 5.91 Å². The number of nitrogens with zero attached hydrogens (tertiary/aromatic N) is 3. The lowest BCUT2D eigenvalue weighted by molar-refractivity contribution is -0.135. The second kappa shape index (κ2) is 9.82. The van der Waals surface area contributed by atoms with Crippen molar-refractivity contribution in [2.75, 3.05) is 66.1 Å². The second-order valence-electron chi connectivity index (χ2n) is 7.28. The van der Waals surface area contributed by atoms with E-state index in [0.717, 1.165) is 32.7 Å². The van der Waals surface area contributed by atoms with Gasteiger partial charge >= 0.3 is 0 Å². The summed E-state index contributed by atoms with van der Waals surface area (Å²) >= 11 is 0. The molecule has 0 spiro atoms. The quantitative estimate of drug-likeness (QED) is 0.782. The van der Waals surface area contributed by atoms with E-state index in [1.807, 2.05) is 24.3 Å². The Balaban J connectivity index is 1.40. The number of carbonyl (C=O) groups excluding carboxylic acids is 2. The first-order valence-corrected chi connectivity index (χ1v) is 9.75. The monoisotopic (exact) mass is 374 g/mol. The highest BCUT2D eigenvalue weighted by molar-refractivity contribution is 5.94. The molecule has 2 aliphatic rings. The van der Waals surface area contributed by atoms with E-state index in [2.05, 4.69) is 22.2 Å². The molecule has 1 aromatic rings. The third-order valence-electron chi connectivity index (χ3n) is 5.21. The summed E-state index contributed by atoms with van der Waals surface area (Å²) < 4.78 is 5.24. The van der Waals surface area contributed by atoms with E-state index in [1.165, 1.54) is 5.56 Å². The van der Waals surface area contributed by atoms with Crippen LogP contribution < -0.4 is 5.32 Å². The van der Waals surface area contributed by atoms with Gasteiger partial charge in [0.2, 0.25) is 5.91 Å². The molecule has 2 heterocycles. The standard InChI is InChI=1S/C20H30N4O3/c1-22-8-10-23(11-9-22)16-17-2-4-18(5-3-17)20(26)21-7-6-19(25)24-12-14-27-15-13-24/h2-5H,6-16H2,1H3,(H,21,26). The van der Waals surface area contributed by atoms with Crippen LogP contribution in [-0.2, 0) is 16.1 Å². The highest BCUT2D eigenvalue weighted by Gasteiger charge is 2.17. The van der Waals surface area contributed by atoms with Gasteiger partial charge in [0.15, 0.2) is 0 Å². The zero-order chi connectivity index (χ0) is 19.1. The van der Waals surface area contributed by atoms with Crippen LogP contribution in [0.4, 0.5) is 0 Å². The van der Waals surface area contributed by atoms with Crippen molar-refractivity contribution in [3.63, 3.8) is 0 Å². The molecule has 0 saturated carbocycles. The summed E-state index contributed by atoms with van der Waals surface area (Å²) in [6.45, 7) is 8.11. The van der Waals surface area contributed by atoms with E-state index in [-0.39, 0.29) is 11.8 Å². The predicted molar refractivity (Wildman–Crippen MR) is 104 cm³/mol. The van der Waals surface area contributed by atoms with E-state index in [4.69, 9.17) is 4.74 Å². The molecule has 2 amide bonds. The zero-order valence-corrected chi connectivity index (χ0v) is 16.2. The van der Waals surface area contributed by atoms with Gasteiger partial charge in [0.05, 0.1) is 13.2 Å². The van der Waals surface area contributed by atoms with Crippen molar-refractivity contribution in [3.8, 4) is 0 Å². The van der Waals surface area contributed by atoms with E-state index in [0.29, 0.717) is 44.8 Å². The molecule has 2 saturated heterocycles. The minimum absolute atomic E-state index is 0.0705. The van der Waals surface area contributed by atoms with Gasteiger partial charge in [-0.25, -0.2) is 0 Å². The number of likely N-dealkylation sites (N-methyl/N-ethyl adjacent to an activating group) is 1. The molecule has 0 unspecified atom stereocenters. The summed E-state index contributed by atoms with van der Waals surface area (Å²) in [5.74, 6) is -0.0583. The summed E-state index contributed by atoms with van der Waals surface area (Å²) in [6.07, 6.45) is 0.327. The Bertz CT molecular complexity index is 621. The summed E-state index contributed by atoms with van der Waals surface area (Å²) in [4.78, 5) is 30.9. The summed E-state index contributed by atoms with van der Waals surface area (Å²) in [7, 11) is 2.15. The maximum atomic E-state index is 12.3. The smallest absolute Gasteiger partial charge is 0.251 e. The molecule has 0 radical (unpaired) electrons. The van der Waals surface area contributed by atoms with Crippen LogP contribution in [0.5, 0.6) is 0 Å². The molecule has 3 rings (SSSR count). The number of carbonyl (C=O) groups is 2. The van der Waals surface area contributed by atoms with Gasteiger partial charge in [0.1, 0.15) is 0 Å². The number of morpholine rings is 1. The summed E-state index contributed by atoms with van der Waals surface area (Å²) in [5, 5.41) is 2.84. The highest BCUT2D eigenvalue weighted by Crippen LogP contribution is 2.10. The number of piperazine rings is 1. The van der Waals surface area contributed by atoms with Gasteiger partial charge in [-0.15, -0.1) is 0 Å². The lowest BCUT2D eigenvalue weighted by Crippen LogP contribution is -2.43. The second-order valence-corrected chi connectivity index (χ2v) is 7.28. The van der Waals surface area contributed by atoms with Crippen molar-refractivity contribution < 1.29 is 14.3 Å². The molecule has 0 atom stereocenters. The van der Waals surface area contributed by atoms with Crippen molar-refractivity contribution in [1.29, 1.82) is 0 Å². The number of amides is 2. The maximum absolute atomic E-state index is 12.3. The molecule has 27 heavy (non-hydrogen) atoms. The van der Waals surface area contributed by atoms with Crippen LogP contribution in [0.1, 0.15) is 22.3 Å². The van der Waals surface area contributed by atoms with Crippen LogP contribution in [0.15, 0.2) is 24.3 Å². The molecule has 1 N–H and O–H groups in total. The lowest BCUT2D eigenvalue weighted by Gasteiger charge is -2.32. The Morgan fingerprint density at radius 2 is 1.67 bits per heavy atom. The molecule has 1 aromatic carbocycles. The Morgan fingerprint density at radius 1 is 1.00 bits per heavy atom. The number of hydrogen-bond acceptors (Lipinski definition) is 5. The van der Waals surface area contributed by atoms with Gasteiger partial charge in [0, 0.05) is 64.3 Å². The maximum Gasteiger partial charge on any atom is 0.251 e. The van der Waals surface area contributed by atoms with Crippen LogP contribution in [-0.4, -0.2) is 92.6 Å². The molecule has 0 bridgehead atoms. The van der Waals surface area contributed by atoms with Crippen molar-refractivity contribution >= 4 is 11.8 Å². The average molecular weight is 374 g/mol. The molecular weight excluding hydrogens is 344 g/mol. The first-order chi connectivity index (χ1) is 13.1. The average Bonchev–Trinajstić information content (AvgIpc) is 2.71. The molecule has 2 fully saturated rings. The van der Waals surface area contributed by atoms with E-state index in [1.54, 1.807) is 4.90 Å². The SMILES string of the molecule is CN1CCN(Cc2ccc(C(=O)NCCC(=O)N3CCOCC3)cc2)CC1. The van der Waals surface area contributed by atoms with Gasteiger partial charge in [-0.3, -0.25) is 14.5 Å². The van der Waals surface area contributed by atoms with Gasteiger partial charge in [-0.2, -0.15) is 0 Å². The molecular formula is C20H30N4O3. The third-order valence-corrected chi connectivity index (χ3v) is 5.21. The molecule has 0 aromatic heterocycles. The minimum Gasteiger partial charge on any atom is -0.378 e. The number of hydrogen-bond donors (Lipinski definition) is 1.